The normalized spacial score (nSPS) is 13.5. The van der Waals surface area contributed by atoms with Gasteiger partial charge in [0.15, 0.2) is 11.0 Å². The minimum atomic E-state index is -1.91. The average Bonchev–Trinajstić information content (AvgIpc) is 2.66. The summed E-state index contributed by atoms with van der Waals surface area (Å²) in [5.74, 6) is -0.756. The molecule has 182 valence electrons. The first-order valence-electron chi connectivity index (χ1n) is 11.1. The first kappa shape index (κ1) is 27.2. The smallest absolute Gasteiger partial charge is 0.236 e. The Bertz CT molecular complexity index is 988. The summed E-state index contributed by atoms with van der Waals surface area (Å²) in [6.07, 6.45) is -0.0312. The Morgan fingerprint density at radius 2 is 1.33 bits per heavy atom. The van der Waals surface area contributed by atoms with Gasteiger partial charge >= 0.3 is 0 Å². The molecular weight excluding hydrogens is 441 g/mol. The van der Waals surface area contributed by atoms with Crippen LogP contribution in [-0.4, -0.2) is 20.3 Å². The van der Waals surface area contributed by atoms with Crippen LogP contribution in [-0.2, 0) is 33.4 Å². The van der Waals surface area contributed by atoms with E-state index >= 15 is 0 Å². The van der Waals surface area contributed by atoms with Gasteiger partial charge in [-0.15, -0.1) is 0 Å². The van der Waals surface area contributed by atoms with E-state index in [1.54, 1.807) is 45.9 Å². The molecule has 0 radical (unpaired) electrons. The van der Waals surface area contributed by atoms with Gasteiger partial charge in [-0.25, -0.2) is 8.60 Å². The van der Waals surface area contributed by atoms with Gasteiger partial charge in [0.1, 0.15) is 5.82 Å². The van der Waals surface area contributed by atoms with Crippen LogP contribution in [0.1, 0.15) is 95.0 Å². The van der Waals surface area contributed by atoms with E-state index in [0.29, 0.717) is 11.1 Å². The average molecular weight is 478 g/mol. The largest absolute Gasteiger partial charge is 0.386 e. The van der Waals surface area contributed by atoms with Crippen molar-refractivity contribution >= 4 is 16.9 Å². The van der Waals surface area contributed by atoms with Gasteiger partial charge in [0.2, 0.25) is 5.91 Å². The number of carbonyl (C=O) groups is 1. The molecule has 7 heteroatoms. The second kappa shape index (κ2) is 10.0. The fourth-order valence-electron chi connectivity index (χ4n) is 3.69. The molecule has 2 aromatic rings. The maximum absolute atomic E-state index is 14.2. The molecule has 0 bridgehead atoms. The lowest BCUT2D eigenvalue weighted by molar-refractivity contribution is -0.118. The van der Waals surface area contributed by atoms with Crippen LogP contribution < -0.4 is 4.72 Å². The number of aliphatic hydroxyl groups is 2. The lowest BCUT2D eigenvalue weighted by Gasteiger charge is -2.24. The summed E-state index contributed by atoms with van der Waals surface area (Å²) >= 11 is 0. The van der Waals surface area contributed by atoms with Gasteiger partial charge in [0, 0.05) is 0 Å². The highest BCUT2D eigenvalue weighted by Gasteiger charge is 2.25. The molecule has 33 heavy (non-hydrogen) atoms. The number of carbonyl (C=O) groups excluding carboxylic acids is 1. The standard InChI is InChI=1S/C26H36FNO4S/c1-15(2)21-12-19(27)13-22(16(3)4)23(21)14-24(29)28-33(32)20-10-17(25(5,6)30)9-18(11-20)26(7,8)31/h9-13,15-16,30-31H,14H2,1-8H3,(H,28,29). The zero-order chi connectivity index (χ0) is 25.3. The minimum Gasteiger partial charge on any atom is -0.386 e. The molecule has 2 rings (SSSR count). The molecule has 0 spiro atoms. The first-order valence-corrected chi connectivity index (χ1v) is 12.3. The predicted octanol–water partition coefficient (Wildman–Crippen LogP) is 4.91. The summed E-state index contributed by atoms with van der Waals surface area (Å²) < 4.78 is 29.8. The number of amides is 1. The number of rotatable bonds is 8. The fraction of sp³-hybridized carbons (Fsp3) is 0.500. The third-order valence-corrected chi connectivity index (χ3v) is 6.68. The molecule has 1 unspecified atom stereocenters. The van der Waals surface area contributed by atoms with Crippen molar-refractivity contribution < 1.29 is 23.6 Å². The molecular formula is C26H36FNO4S. The van der Waals surface area contributed by atoms with E-state index < -0.39 is 28.1 Å². The highest BCUT2D eigenvalue weighted by Crippen LogP contribution is 2.31. The topological polar surface area (TPSA) is 86.6 Å². The van der Waals surface area contributed by atoms with Crippen molar-refractivity contribution in [2.45, 2.75) is 89.7 Å². The molecule has 0 fully saturated rings. The fourth-order valence-corrected chi connectivity index (χ4v) is 4.55. The molecule has 1 amide bonds. The van der Waals surface area contributed by atoms with Gasteiger partial charge in [-0.05, 0) is 91.6 Å². The number of hydrogen-bond acceptors (Lipinski definition) is 4. The van der Waals surface area contributed by atoms with E-state index in [0.717, 1.165) is 16.7 Å². The second-order valence-corrected chi connectivity index (χ2v) is 11.4. The number of halogens is 1. The SMILES string of the molecule is CC(C)c1cc(F)cc(C(C)C)c1CC(=O)NS(=O)c1cc(C(C)(C)O)cc(C(C)(C)O)c1. The van der Waals surface area contributed by atoms with Crippen molar-refractivity contribution in [3.8, 4) is 0 Å². The van der Waals surface area contributed by atoms with Crippen LogP contribution >= 0.6 is 0 Å². The summed E-state index contributed by atoms with van der Waals surface area (Å²) in [5, 5.41) is 20.9. The summed E-state index contributed by atoms with van der Waals surface area (Å²) in [4.78, 5) is 13.2. The Morgan fingerprint density at radius 1 is 0.909 bits per heavy atom. The van der Waals surface area contributed by atoms with Gasteiger partial charge in [-0.1, -0.05) is 33.8 Å². The molecule has 0 aliphatic heterocycles. The van der Waals surface area contributed by atoms with E-state index in [9.17, 15) is 23.6 Å². The minimum absolute atomic E-state index is 0.0179. The van der Waals surface area contributed by atoms with E-state index in [1.807, 2.05) is 27.7 Å². The van der Waals surface area contributed by atoms with Crippen LogP contribution in [0.3, 0.4) is 0 Å². The van der Waals surface area contributed by atoms with E-state index in [-0.39, 0.29) is 29.0 Å². The lowest BCUT2D eigenvalue weighted by atomic mass is 9.87. The lowest BCUT2D eigenvalue weighted by Crippen LogP contribution is -2.29. The quantitative estimate of drug-likeness (QED) is 0.504. The zero-order valence-corrected chi connectivity index (χ0v) is 21.6. The van der Waals surface area contributed by atoms with Crippen LogP contribution in [0.2, 0.25) is 0 Å². The first-order chi connectivity index (χ1) is 15.0. The maximum Gasteiger partial charge on any atom is 0.236 e. The van der Waals surface area contributed by atoms with Gasteiger partial charge in [0.05, 0.1) is 22.5 Å². The summed E-state index contributed by atoms with van der Waals surface area (Å²) in [6.45, 7) is 14.2. The van der Waals surface area contributed by atoms with E-state index in [4.69, 9.17) is 0 Å². The van der Waals surface area contributed by atoms with Crippen molar-refractivity contribution in [2.24, 2.45) is 0 Å². The number of hydrogen-bond donors (Lipinski definition) is 3. The molecule has 5 nitrogen and oxygen atoms in total. The molecule has 0 aromatic heterocycles. The second-order valence-electron chi connectivity index (χ2n) is 10.2. The molecule has 3 N–H and O–H groups in total. The molecule has 0 heterocycles. The Hall–Kier alpha value is -2.09. The molecule has 2 aromatic carbocycles. The van der Waals surface area contributed by atoms with Crippen LogP contribution in [0.4, 0.5) is 4.39 Å². The van der Waals surface area contributed by atoms with Crippen molar-refractivity contribution in [1.29, 1.82) is 0 Å². The monoisotopic (exact) mass is 477 g/mol. The summed E-state index contributed by atoms with van der Waals surface area (Å²) in [5.41, 5.74) is 0.761. The van der Waals surface area contributed by atoms with Crippen molar-refractivity contribution in [2.75, 3.05) is 0 Å². The zero-order valence-electron chi connectivity index (χ0n) is 20.7. The summed E-state index contributed by atoms with van der Waals surface area (Å²) in [6, 6.07) is 7.69. The van der Waals surface area contributed by atoms with Crippen LogP contribution in [0.15, 0.2) is 35.2 Å². The van der Waals surface area contributed by atoms with Crippen molar-refractivity contribution in [3.05, 3.63) is 64.0 Å². The van der Waals surface area contributed by atoms with E-state index in [2.05, 4.69) is 4.72 Å². The molecule has 1 atom stereocenters. The Morgan fingerprint density at radius 3 is 1.70 bits per heavy atom. The maximum atomic E-state index is 14.2. The van der Waals surface area contributed by atoms with Crippen molar-refractivity contribution in [1.82, 2.24) is 4.72 Å². The van der Waals surface area contributed by atoms with Crippen LogP contribution in [0.25, 0.3) is 0 Å². The Balaban J connectivity index is 2.39. The molecule has 0 saturated carbocycles. The molecule has 0 aliphatic rings. The van der Waals surface area contributed by atoms with Crippen LogP contribution in [0, 0.1) is 5.82 Å². The van der Waals surface area contributed by atoms with E-state index in [1.165, 1.54) is 12.1 Å². The van der Waals surface area contributed by atoms with Crippen molar-refractivity contribution in [3.63, 3.8) is 0 Å². The number of benzene rings is 2. The third-order valence-electron chi connectivity index (χ3n) is 5.61. The third kappa shape index (κ3) is 6.95. The van der Waals surface area contributed by atoms with Gasteiger partial charge < -0.3 is 10.2 Å². The Kier molecular flexibility index (Phi) is 8.26. The van der Waals surface area contributed by atoms with Gasteiger partial charge in [0.25, 0.3) is 0 Å². The Labute approximate surface area is 199 Å². The highest BCUT2D eigenvalue weighted by molar-refractivity contribution is 7.83. The predicted molar refractivity (Wildman–Crippen MR) is 130 cm³/mol. The highest BCUT2D eigenvalue weighted by atomic mass is 32.2. The summed E-state index contributed by atoms with van der Waals surface area (Å²) in [7, 11) is -1.91. The molecule has 0 aliphatic carbocycles. The van der Waals surface area contributed by atoms with Crippen LogP contribution in [0.5, 0.6) is 0 Å². The molecule has 0 saturated heterocycles. The number of nitrogens with one attached hydrogen (secondary N) is 1. The van der Waals surface area contributed by atoms with Gasteiger partial charge in [-0.3, -0.25) is 9.52 Å². The van der Waals surface area contributed by atoms with Gasteiger partial charge in [-0.2, -0.15) is 0 Å².